The van der Waals surface area contributed by atoms with E-state index in [-0.39, 0.29) is 26.2 Å². The van der Waals surface area contributed by atoms with Gasteiger partial charge in [-0.15, -0.1) is 0 Å². The van der Waals surface area contributed by atoms with Crippen LogP contribution in [0, 0.1) is 0 Å². The molecule has 9 nitrogen and oxygen atoms in total. The van der Waals surface area contributed by atoms with Gasteiger partial charge in [0.2, 0.25) is 0 Å². The summed E-state index contributed by atoms with van der Waals surface area (Å²) in [5.74, 6) is -0.393. The van der Waals surface area contributed by atoms with Crippen molar-refractivity contribution in [2.45, 2.75) is 173 Å². The van der Waals surface area contributed by atoms with E-state index < -0.39 is 19.9 Å². The molecule has 0 aliphatic carbocycles. The van der Waals surface area contributed by atoms with E-state index in [9.17, 15) is 14.3 Å². The fourth-order valence-corrected chi connectivity index (χ4v) is 6.59. The molecule has 54 heavy (non-hydrogen) atoms. The number of esters is 1. The molecule has 4 unspecified atom stereocenters. The second-order valence-electron chi connectivity index (χ2n) is 15.7. The third kappa shape index (κ3) is 33.7. The van der Waals surface area contributed by atoms with Crippen molar-refractivity contribution in [3.8, 4) is 0 Å². The Balaban J connectivity index is 2.27. The van der Waals surface area contributed by atoms with Gasteiger partial charge in [-0.3, -0.25) is 9.36 Å². The number of hydrogen-bond donors (Lipinski definition) is 0. The van der Waals surface area contributed by atoms with Crippen LogP contribution in [0.1, 0.15) is 155 Å². The van der Waals surface area contributed by atoms with Crippen LogP contribution >= 0.6 is 7.82 Å². The molecule has 0 bridgehead atoms. The van der Waals surface area contributed by atoms with Crippen LogP contribution in [0.2, 0.25) is 0 Å². The third-order valence-corrected chi connectivity index (χ3v) is 10.3. The van der Waals surface area contributed by atoms with E-state index in [1.807, 2.05) is 21.1 Å². The second kappa shape index (κ2) is 33.5. The first kappa shape index (κ1) is 50.4. The standard InChI is InChI=1S/C44H80NO8P/c1-6-8-10-11-12-13-14-15-16-19-22-25-28-32-37-49-39-41(40-51-54(47,48)50-38-36-45(3,4)5)52-44(46)35-31-27-24-21-18-17-20-23-26-30-34-43-42(53-43)33-29-9-7-2/h9,17,20-21,24,26,29-30,41-43H,6-8,10-16,18-19,22-23,25,27-28,31-40H2,1-5H3/b20-17-,24-21-,29-9-,30-26-. The monoisotopic (exact) mass is 782 g/mol. The molecule has 314 valence electrons. The Hall–Kier alpha value is -1.58. The van der Waals surface area contributed by atoms with Crippen molar-refractivity contribution in [3.05, 3.63) is 48.6 Å². The largest absolute Gasteiger partial charge is 0.756 e. The maximum Gasteiger partial charge on any atom is 0.306 e. The minimum Gasteiger partial charge on any atom is -0.756 e. The van der Waals surface area contributed by atoms with E-state index >= 15 is 0 Å². The van der Waals surface area contributed by atoms with Crippen LogP contribution in [0.15, 0.2) is 48.6 Å². The number of likely N-dealkylation sites (N-methyl/N-ethyl adjacent to an activating group) is 1. The number of quaternary nitrogens is 1. The normalized spacial score (nSPS) is 18.0. The van der Waals surface area contributed by atoms with Gasteiger partial charge in [-0.2, -0.15) is 0 Å². The van der Waals surface area contributed by atoms with Gasteiger partial charge in [0, 0.05) is 13.0 Å². The summed E-state index contributed by atoms with van der Waals surface area (Å²) in [6.45, 7) is 5.21. The predicted molar refractivity (Wildman–Crippen MR) is 221 cm³/mol. The average molecular weight is 782 g/mol. The molecule has 0 aromatic carbocycles. The zero-order valence-corrected chi connectivity index (χ0v) is 36.0. The van der Waals surface area contributed by atoms with Crippen LogP contribution in [0.4, 0.5) is 0 Å². The number of phosphoric acid groups is 1. The summed E-state index contributed by atoms with van der Waals surface area (Å²) in [5, 5.41) is 0. The highest BCUT2D eigenvalue weighted by atomic mass is 31.2. The number of hydrogen-bond acceptors (Lipinski definition) is 8. The van der Waals surface area contributed by atoms with Crippen molar-refractivity contribution in [2.75, 3.05) is 54.1 Å². The molecule has 0 radical (unpaired) electrons. The average Bonchev–Trinajstić information content (AvgIpc) is 3.87. The molecule has 0 N–H and O–H groups in total. The number of nitrogens with zero attached hydrogens (tertiary/aromatic N) is 1. The molecule has 1 aliphatic heterocycles. The van der Waals surface area contributed by atoms with E-state index in [1.165, 1.54) is 77.0 Å². The van der Waals surface area contributed by atoms with Crippen LogP contribution < -0.4 is 4.89 Å². The number of rotatable bonds is 38. The summed E-state index contributed by atoms with van der Waals surface area (Å²) in [6.07, 6.45) is 41.7. The second-order valence-corrected chi connectivity index (χ2v) is 17.1. The maximum atomic E-state index is 12.6. The van der Waals surface area contributed by atoms with Gasteiger partial charge in [-0.1, -0.05) is 146 Å². The lowest BCUT2D eigenvalue weighted by atomic mass is 10.0. The van der Waals surface area contributed by atoms with Gasteiger partial charge in [0.25, 0.3) is 7.82 Å². The van der Waals surface area contributed by atoms with Crippen LogP contribution in [0.3, 0.4) is 0 Å². The predicted octanol–water partition coefficient (Wildman–Crippen LogP) is 10.7. The lowest BCUT2D eigenvalue weighted by molar-refractivity contribution is -0.870. The highest BCUT2D eigenvalue weighted by Crippen LogP contribution is 2.38. The third-order valence-electron chi connectivity index (χ3n) is 9.30. The molecule has 0 aromatic heterocycles. The van der Waals surface area contributed by atoms with Crippen LogP contribution in [0.25, 0.3) is 0 Å². The molecule has 1 saturated heterocycles. The maximum absolute atomic E-state index is 12.6. The van der Waals surface area contributed by atoms with Crippen LogP contribution in [0.5, 0.6) is 0 Å². The molecule has 0 aromatic rings. The number of allylic oxidation sites excluding steroid dienone is 6. The zero-order chi connectivity index (χ0) is 39.6. The Bertz CT molecular complexity index is 1070. The van der Waals surface area contributed by atoms with E-state index in [0.29, 0.717) is 36.3 Å². The smallest absolute Gasteiger partial charge is 0.306 e. The van der Waals surface area contributed by atoms with Gasteiger partial charge in [0.05, 0.1) is 46.6 Å². The highest BCUT2D eigenvalue weighted by molar-refractivity contribution is 7.45. The fraction of sp³-hybridized carbons (Fsp3) is 0.795. The SMILES string of the molecule is CC/C=C\CC1OC1C/C=C\C/C=C\C/C=C\CCCC(=O)OC(COCCCCCCCCCCCCCCCC)COP(=O)([O-])OCC[N+](C)(C)C. The van der Waals surface area contributed by atoms with Crippen molar-refractivity contribution in [3.63, 3.8) is 0 Å². The summed E-state index contributed by atoms with van der Waals surface area (Å²) in [6, 6.07) is 0. The molecule has 1 heterocycles. The number of phosphoric ester groups is 1. The molecule has 4 atom stereocenters. The minimum absolute atomic E-state index is 0.0128. The topological polar surface area (TPSA) is 107 Å². The Morgan fingerprint density at radius 1 is 0.685 bits per heavy atom. The number of carbonyl (C=O) groups excluding carboxylic acids is 1. The molecule has 0 saturated carbocycles. The zero-order valence-electron chi connectivity index (χ0n) is 35.1. The van der Waals surface area contributed by atoms with Gasteiger partial charge >= 0.3 is 5.97 Å². The summed E-state index contributed by atoms with van der Waals surface area (Å²) in [5.41, 5.74) is 0. The van der Waals surface area contributed by atoms with Crippen molar-refractivity contribution >= 4 is 13.8 Å². The van der Waals surface area contributed by atoms with Crippen molar-refractivity contribution < 1.29 is 42.0 Å². The molecule has 10 heteroatoms. The van der Waals surface area contributed by atoms with E-state index in [2.05, 4.69) is 62.5 Å². The van der Waals surface area contributed by atoms with Crippen LogP contribution in [-0.4, -0.2) is 82.9 Å². The summed E-state index contributed by atoms with van der Waals surface area (Å²) in [7, 11) is 1.31. The molecular formula is C44H80NO8P. The molecule has 0 amide bonds. The number of carbonyl (C=O) groups is 1. The Morgan fingerprint density at radius 2 is 1.22 bits per heavy atom. The number of epoxide rings is 1. The van der Waals surface area contributed by atoms with Gasteiger partial charge in [-0.05, 0) is 51.4 Å². The first-order valence-electron chi connectivity index (χ1n) is 21.5. The summed E-state index contributed by atoms with van der Waals surface area (Å²) in [4.78, 5) is 25.0. The number of unbranched alkanes of at least 4 members (excludes halogenated alkanes) is 14. The molecular weight excluding hydrogens is 701 g/mol. The molecule has 1 fully saturated rings. The fourth-order valence-electron chi connectivity index (χ4n) is 5.86. The van der Waals surface area contributed by atoms with Gasteiger partial charge in [-0.25, -0.2) is 0 Å². The lowest BCUT2D eigenvalue weighted by Gasteiger charge is -2.28. The van der Waals surface area contributed by atoms with Crippen molar-refractivity contribution in [2.24, 2.45) is 0 Å². The highest BCUT2D eigenvalue weighted by Gasteiger charge is 2.35. The Morgan fingerprint density at radius 3 is 1.80 bits per heavy atom. The van der Waals surface area contributed by atoms with Gasteiger partial charge < -0.3 is 32.6 Å². The molecule has 1 rings (SSSR count). The van der Waals surface area contributed by atoms with E-state index in [0.717, 1.165) is 51.4 Å². The molecule has 1 aliphatic rings. The van der Waals surface area contributed by atoms with Crippen molar-refractivity contribution in [1.82, 2.24) is 0 Å². The quantitative estimate of drug-likeness (QED) is 0.0152. The van der Waals surface area contributed by atoms with E-state index in [4.69, 9.17) is 23.3 Å². The minimum atomic E-state index is -4.54. The Labute approximate surface area is 331 Å². The van der Waals surface area contributed by atoms with Crippen molar-refractivity contribution in [1.29, 1.82) is 0 Å². The number of ether oxygens (including phenoxy) is 3. The first-order valence-corrected chi connectivity index (χ1v) is 23.0. The van der Waals surface area contributed by atoms with E-state index in [1.54, 1.807) is 0 Å². The van der Waals surface area contributed by atoms with Gasteiger partial charge in [0.1, 0.15) is 19.3 Å². The Kier molecular flexibility index (Phi) is 31.3. The first-order chi connectivity index (χ1) is 26.1. The van der Waals surface area contributed by atoms with Gasteiger partial charge in [0.15, 0.2) is 0 Å². The summed E-state index contributed by atoms with van der Waals surface area (Å²) < 4.78 is 40.2. The molecule has 0 spiro atoms. The lowest BCUT2D eigenvalue weighted by Crippen LogP contribution is -2.37. The van der Waals surface area contributed by atoms with Crippen LogP contribution in [-0.2, 0) is 32.6 Å². The summed E-state index contributed by atoms with van der Waals surface area (Å²) >= 11 is 0.